The Morgan fingerprint density at radius 2 is 2.20 bits per heavy atom. The summed E-state index contributed by atoms with van der Waals surface area (Å²) < 4.78 is 36.1. The van der Waals surface area contributed by atoms with Gasteiger partial charge in [0.05, 0.1) is 12.0 Å². The molecule has 15 heavy (non-hydrogen) atoms. The second-order valence-corrected chi connectivity index (χ2v) is 3.79. The third-order valence-electron chi connectivity index (χ3n) is 2.50. The average molecular weight is 222 g/mol. The summed E-state index contributed by atoms with van der Waals surface area (Å²) in [5, 5.41) is 17.5. The van der Waals surface area contributed by atoms with Crippen molar-refractivity contribution in [1.82, 2.24) is 4.90 Å². The van der Waals surface area contributed by atoms with Gasteiger partial charge in [0.25, 0.3) is 0 Å². The van der Waals surface area contributed by atoms with E-state index < -0.39 is 18.8 Å². The van der Waals surface area contributed by atoms with E-state index in [1.165, 1.54) is 4.90 Å². The fourth-order valence-corrected chi connectivity index (χ4v) is 1.67. The topological polar surface area (TPSA) is 47.3 Å². The van der Waals surface area contributed by atoms with Gasteiger partial charge in [0.2, 0.25) is 0 Å². The molecule has 0 radical (unpaired) electrons. The Balaban J connectivity index is 2.42. The van der Waals surface area contributed by atoms with Gasteiger partial charge in [0, 0.05) is 13.1 Å². The Labute approximate surface area is 86.1 Å². The molecule has 0 aliphatic carbocycles. The minimum absolute atomic E-state index is 0.209. The molecule has 1 N–H and O–H groups in total. The van der Waals surface area contributed by atoms with Crippen LogP contribution in [0.5, 0.6) is 0 Å². The van der Waals surface area contributed by atoms with Crippen molar-refractivity contribution in [2.75, 3.05) is 19.6 Å². The first-order chi connectivity index (χ1) is 6.93. The zero-order valence-corrected chi connectivity index (χ0v) is 8.17. The van der Waals surface area contributed by atoms with Gasteiger partial charge in [-0.3, -0.25) is 4.90 Å². The van der Waals surface area contributed by atoms with Crippen molar-refractivity contribution in [1.29, 1.82) is 5.26 Å². The van der Waals surface area contributed by atoms with Crippen molar-refractivity contribution >= 4 is 0 Å². The van der Waals surface area contributed by atoms with Crippen LogP contribution in [0.1, 0.15) is 12.8 Å². The summed E-state index contributed by atoms with van der Waals surface area (Å²) in [6.45, 7) is 0.413. The van der Waals surface area contributed by atoms with Gasteiger partial charge in [-0.2, -0.15) is 18.4 Å². The van der Waals surface area contributed by atoms with E-state index in [4.69, 9.17) is 10.4 Å². The minimum atomic E-state index is -4.57. The average Bonchev–Trinajstić information content (AvgIpc) is 2.16. The summed E-state index contributed by atoms with van der Waals surface area (Å²) >= 11 is 0. The second kappa shape index (κ2) is 4.81. The molecule has 1 heterocycles. The van der Waals surface area contributed by atoms with Crippen molar-refractivity contribution in [3.8, 4) is 6.07 Å². The van der Waals surface area contributed by atoms with Crippen LogP contribution >= 0.6 is 0 Å². The number of likely N-dealkylation sites (tertiary alicyclic amines) is 1. The first kappa shape index (κ1) is 12.3. The molecular weight excluding hydrogens is 209 g/mol. The quantitative estimate of drug-likeness (QED) is 0.762. The maximum absolute atomic E-state index is 12.0. The molecule has 1 fully saturated rings. The van der Waals surface area contributed by atoms with Gasteiger partial charge in [-0.25, -0.2) is 0 Å². The number of aliphatic hydroxyl groups is 1. The minimum Gasteiger partial charge on any atom is -0.382 e. The van der Waals surface area contributed by atoms with Crippen LogP contribution in [0.3, 0.4) is 0 Å². The molecule has 6 heteroatoms. The molecule has 1 saturated heterocycles. The molecule has 0 aromatic carbocycles. The standard InChI is InChI=1S/C9H13F3N2O/c10-9(11,12)8(15)6-14-3-1-2-7(4-13)5-14/h7-8,15H,1-3,5-6H2/t7-,8+/m0/s1. The predicted octanol–water partition coefficient (Wildman–Crippen LogP) is 1.15. The largest absolute Gasteiger partial charge is 0.415 e. The first-order valence-electron chi connectivity index (χ1n) is 4.80. The zero-order valence-electron chi connectivity index (χ0n) is 8.17. The molecule has 0 aromatic heterocycles. The van der Waals surface area contributed by atoms with Gasteiger partial charge in [0.15, 0.2) is 6.10 Å². The van der Waals surface area contributed by atoms with E-state index in [9.17, 15) is 13.2 Å². The number of halogens is 3. The molecule has 0 bridgehead atoms. The third kappa shape index (κ3) is 3.68. The number of piperidine rings is 1. The van der Waals surface area contributed by atoms with Crippen molar-refractivity contribution in [3.05, 3.63) is 0 Å². The Bertz CT molecular complexity index is 249. The summed E-state index contributed by atoms with van der Waals surface area (Å²) in [6.07, 6.45) is -5.44. The number of nitriles is 1. The van der Waals surface area contributed by atoms with E-state index in [1.54, 1.807) is 0 Å². The molecule has 0 aromatic rings. The number of hydrogen-bond donors (Lipinski definition) is 1. The zero-order chi connectivity index (χ0) is 11.5. The Morgan fingerprint density at radius 1 is 1.53 bits per heavy atom. The van der Waals surface area contributed by atoms with E-state index >= 15 is 0 Å². The van der Waals surface area contributed by atoms with Crippen molar-refractivity contribution in [2.45, 2.75) is 25.1 Å². The van der Waals surface area contributed by atoms with Crippen molar-refractivity contribution < 1.29 is 18.3 Å². The van der Waals surface area contributed by atoms with E-state index in [0.717, 1.165) is 6.42 Å². The molecule has 3 nitrogen and oxygen atoms in total. The lowest BCUT2D eigenvalue weighted by molar-refractivity contribution is -0.208. The monoisotopic (exact) mass is 222 g/mol. The normalized spacial score (nSPS) is 25.9. The predicted molar refractivity (Wildman–Crippen MR) is 46.8 cm³/mol. The molecule has 86 valence electrons. The van der Waals surface area contributed by atoms with E-state index in [0.29, 0.717) is 19.5 Å². The van der Waals surface area contributed by atoms with Crippen LogP contribution < -0.4 is 0 Å². The smallest absolute Gasteiger partial charge is 0.382 e. The number of hydrogen-bond acceptors (Lipinski definition) is 3. The lowest BCUT2D eigenvalue weighted by Crippen LogP contribution is -2.44. The van der Waals surface area contributed by atoms with Crippen molar-refractivity contribution in [3.63, 3.8) is 0 Å². The Morgan fingerprint density at radius 3 is 2.73 bits per heavy atom. The van der Waals surface area contributed by atoms with Crippen LogP contribution in [0.2, 0.25) is 0 Å². The summed E-state index contributed by atoms with van der Waals surface area (Å²) in [5.74, 6) is -0.209. The van der Waals surface area contributed by atoms with Gasteiger partial charge >= 0.3 is 6.18 Å². The molecular formula is C9H13F3N2O. The van der Waals surface area contributed by atoms with Crippen LogP contribution in [0.4, 0.5) is 13.2 Å². The van der Waals surface area contributed by atoms with Gasteiger partial charge in [-0.1, -0.05) is 0 Å². The number of alkyl halides is 3. The van der Waals surface area contributed by atoms with Crippen LogP contribution in [0.15, 0.2) is 0 Å². The van der Waals surface area contributed by atoms with Gasteiger partial charge in [-0.15, -0.1) is 0 Å². The van der Waals surface area contributed by atoms with E-state index in [2.05, 4.69) is 0 Å². The molecule has 1 aliphatic heterocycles. The first-order valence-corrected chi connectivity index (χ1v) is 4.80. The number of rotatable bonds is 2. The lowest BCUT2D eigenvalue weighted by atomic mass is 9.99. The summed E-state index contributed by atoms with van der Waals surface area (Å²) in [4.78, 5) is 1.50. The highest BCUT2D eigenvalue weighted by Crippen LogP contribution is 2.23. The van der Waals surface area contributed by atoms with Crippen LogP contribution in [-0.4, -0.2) is 41.9 Å². The van der Waals surface area contributed by atoms with E-state index in [-0.39, 0.29) is 5.92 Å². The molecule has 0 spiro atoms. The molecule has 1 rings (SSSR count). The molecule has 0 amide bonds. The van der Waals surface area contributed by atoms with Gasteiger partial charge in [0.1, 0.15) is 0 Å². The van der Waals surface area contributed by atoms with Crippen molar-refractivity contribution in [2.24, 2.45) is 5.92 Å². The summed E-state index contributed by atoms with van der Waals surface area (Å²) in [5.41, 5.74) is 0. The summed E-state index contributed by atoms with van der Waals surface area (Å²) in [7, 11) is 0. The highest BCUT2D eigenvalue weighted by Gasteiger charge is 2.39. The second-order valence-electron chi connectivity index (χ2n) is 3.79. The van der Waals surface area contributed by atoms with Crippen LogP contribution in [0, 0.1) is 17.2 Å². The SMILES string of the molecule is N#C[C@@H]1CCCN(C[C@@H](O)C(F)(F)F)C1. The van der Waals surface area contributed by atoms with Crippen LogP contribution in [0.25, 0.3) is 0 Å². The molecule has 0 saturated carbocycles. The molecule has 2 atom stereocenters. The fraction of sp³-hybridized carbons (Fsp3) is 0.889. The third-order valence-corrected chi connectivity index (χ3v) is 2.50. The summed E-state index contributed by atoms with van der Waals surface area (Å²) in [6, 6.07) is 2.04. The lowest BCUT2D eigenvalue weighted by Gasteiger charge is -2.31. The van der Waals surface area contributed by atoms with E-state index in [1.807, 2.05) is 6.07 Å². The Kier molecular flexibility index (Phi) is 3.94. The number of aliphatic hydroxyl groups excluding tert-OH is 1. The number of β-amino-alcohol motifs (C(OH)–C–C–N with tert-alkyl or cyclic N) is 1. The fourth-order valence-electron chi connectivity index (χ4n) is 1.67. The number of nitrogens with zero attached hydrogens (tertiary/aromatic N) is 2. The molecule has 1 aliphatic rings. The molecule has 0 unspecified atom stereocenters. The van der Waals surface area contributed by atoms with Gasteiger partial charge < -0.3 is 5.11 Å². The Hall–Kier alpha value is -0.800. The maximum Gasteiger partial charge on any atom is 0.415 e. The highest BCUT2D eigenvalue weighted by molar-refractivity contribution is 4.89. The maximum atomic E-state index is 12.0. The highest BCUT2D eigenvalue weighted by atomic mass is 19.4. The van der Waals surface area contributed by atoms with Gasteiger partial charge in [-0.05, 0) is 19.4 Å². The van der Waals surface area contributed by atoms with Crippen LogP contribution in [-0.2, 0) is 0 Å².